The summed E-state index contributed by atoms with van der Waals surface area (Å²) in [4.78, 5) is 0. The minimum Gasteiger partial charge on any atom is -0.0984 e. The quantitative estimate of drug-likeness (QED) is 0.571. The Kier molecular flexibility index (Phi) is 2.70. The van der Waals surface area contributed by atoms with E-state index in [-0.39, 0.29) is 0 Å². The van der Waals surface area contributed by atoms with Crippen molar-refractivity contribution < 1.29 is 0 Å². The van der Waals surface area contributed by atoms with Crippen LogP contribution in [-0.2, 0) is 0 Å². The predicted octanol–water partition coefficient (Wildman–Crippen LogP) is 5.15. The molecule has 0 nitrogen and oxygen atoms in total. The van der Waals surface area contributed by atoms with E-state index in [0.717, 1.165) is 0 Å². The van der Waals surface area contributed by atoms with E-state index in [1.165, 1.54) is 27.5 Å². The Morgan fingerprint density at radius 3 is 2.17 bits per heavy atom. The van der Waals surface area contributed by atoms with Gasteiger partial charge in [0.15, 0.2) is 0 Å². The Bertz CT molecular complexity index is 688. The van der Waals surface area contributed by atoms with Crippen LogP contribution >= 0.6 is 0 Å². The van der Waals surface area contributed by atoms with Gasteiger partial charge in [0.05, 0.1) is 0 Å². The third-order valence-corrected chi connectivity index (χ3v) is 3.24. The van der Waals surface area contributed by atoms with E-state index in [1.54, 1.807) is 0 Å². The van der Waals surface area contributed by atoms with Crippen LogP contribution in [0.4, 0.5) is 0 Å². The zero-order valence-corrected chi connectivity index (χ0v) is 10.1. The van der Waals surface area contributed by atoms with Gasteiger partial charge in [0.1, 0.15) is 0 Å². The van der Waals surface area contributed by atoms with Crippen molar-refractivity contribution >= 4 is 16.8 Å². The zero-order chi connectivity index (χ0) is 12.4. The molecule has 0 fully saturated rings. The molecule has 0 unspecified atom stereocenters. The average Bonchev–Trinajstić information content (AvgIpc) is 2.47. The number of benzene rings is 3. The van der Waals surface area contributed by atoms with Gasteiger partial charge in [-0.1, -0.05) is 79.4 Å². The van der Waals surface area contributed by atoms with Gasteiger partial charge in [0.2, 0.25) is 0 Å². The summed E-state index contributed by atoms with van der Waals surface area (Å²) < 4.78 is 0. The monoisotopic (exact) mass is 230 g/mol. The van der Waals surface area contributed by atoms with Crippen LogP contribution in [0.3, 0.4) is 0 Å². The fraction of sp³-hybridized carbons (Fsp3) is 0. The molecule has 0 aromatic heterocycles. The van der Waals surface area contributed by atoms with Gasteiger partial charge in [-0.25, -0.2) is 0 Å². The van der Waals surface area contributed by atoms with E-state index >= 15 is 0 Å². The summed E-state index contributed by atoms with van der Waals surface area (Å²) in [6.45, 7) is 3.92. The zero-order valence-electron chi connectivity index (χ0n) is 10.1. The summed E-state index contributed by atoms with van der Waals surface area (Å²) in [5, 5.41) is 2.54. The smallest absolute Gasteiger partial charge is 0.00331 e. The Balaban J connectivity index is 2.40. The maximum absolute atomic E-state index is 3.92. The van der Waals surface area contributed by atoms with E-state index < -0.39 is 0 Å². The van der Waals surface area contributed by atoms with Crippen LogP contribution in [0.25, 0.3) is 28.0 Å². The molecule has 0 aliphatic carbocycles. The summed E-state index contributed by atoms with van der Waals surface area (Å²) in [6.07, 6.45) is 1.93. The highest BCUT2D eigenvalue weighted by molar-refractivity contribution is 6.01. The van der Waals surface area contributed by atoms with Crippen LogP contribution in [-0.4, -0.2) is 0 Å². The second-order valence-electron chi connectivity index (χ2n) is 4.32. The van der Waals surface area contributed by atoms with E-state index in [0.29, 0.717) is 0 Å². The van der Waals surface area contributed by atoms with Crippen molar-refractivity contribution in [2.24, 2.45) is 0 Å². The second-order valence-corrected chi connectivity index (χ2v) is 4.32. The molecule has 3 aromatic carbocycles. The fourth-order valence-corrected chi connectivity index (χ4v) is 2.40. The van der Waals surface area contributed by atoms with Crippen molar-refractivity contribution in [1.82, 2.24) is 0 Å². The molecule has 0 spiro atoms. The van der Waals surface area contributed by atoms with Gasteiger partial charge in [-0.15, -0.1) is 0 Å². The SMILES string of the molecule is C=Cc1cccc2cccc(-c3ccccc3)c12. The van der Waals surface area contributed by atoms with Crippen LogP contribution in [0.15, 0.2) is 73.3 Å². The van der Waals surface area contributed by atoms with Gasteiger partial charge >= 0.3 is 0 Å². The van der Waals surface area contributed by atoms with Gasteiger partial charge < -0.3 is 0 Å². The molecule has 0 N–H and O–H groups in total. The van der Waals surface area contributed by atoms with Gasteiger partial charge in [-0.3, -0.25) is 0 Å². The minimum absolute atomic E-state index is 1.19. The summed E-state index contributed by atoms with van der Waals surface area (Å²) in [6, 6.07) is 23.3. The fourth-order valence-electron chi connectivity index (χ4n) is 2.40. The number of rotatable bonds is 2. The molecule has 0 saturated carbocycles. The third kappa shape index (κ3) is 1.72. The number of fused-ring (bicyclic) bond motifs is 1. The van der Waals surface area contributed by atoms with Crippen LogP contribution < -0.4 is 0 Å². The highest BCUT2D eigenvalue weighted by Gasteiger charge is 2.05. The molecule has 86 valence electrons. The van der Waals surface area contributed by atoms with Crippen molar-refractivity contribution in [1.29, 1.82) is 0 Å². The van der Waals surface area contributed by atoms with Crippen LogP contribution in [0.5, 0.6) is 0 Å². The van der Waals surface area contributed by atoms with Crippen molar-refractivity contribution in [3.05, 3.63) is 78.9 Å². The Morgan fingerprint density at radius 2 is 1.44 bits per heavy atom. The van der Waals surface area contributed by atoms with Crippen LogP contribution in [0.2, 0.25) is 0 Å². The van der Waals surface area contributed by atoms with E-state index in [1.807, 2.05) is 12.1 Å². The first-order valence-electron chi connectivity index (χ1n) is 6.10. The Morgan fingerprint density at radius 1 is 0.722 bits per heavy atom. The average molecular weight is 230 g/mol. The standard InChI is InChI=1S/C18H14/c1-2-14-10-6-11-16-12-7-13-17(18(14)16)15-8-4-3-5-9-15/h2-13H,1H2. The molecule has 0 radical (unpaired) electrons. The molecule has 0 heterocycles. The first kappa shape index (κ1) is 10.8. The lowest BCUT2D eigenvalue weighted by Gasteiger charge is -2.09. The molecular weight excluding hydrogens is 216 g/mol. The molecule has 0 aliphatic rings. The van der Waals surface area contributed by atoms with Crippen LogP contribution in [0, 0.1) is 0 Å². The highest BCUT2D eigenvalue weighted by atomic mass is 14.1. The van der Waals surface area contributed by atoms with E-state index in [4.69, 9.17) is 0 Å². The molecule has 0 heteroatoms. The van der Waals surface area contributed by atoms with Crippen molar-refractivity contribution in [3.8, 4) is 11.1 Å². The van der Waals surface area contributed by atoms with Gasteiger partial charge in [0.25, 0.3) is 0 Å². The molecular formula is C18H14. The predicted molar refractivity (Wildman–Crippen MR) is 79.5 cm³/mol. The molecule has 3 aromatic rings. The number of hydrogen-bond donors (Lipinski definition) is 0. The third-order valence-electron chi connectivity index (χ3n) is 3.24. The Hall–Kier alpha value is -2.34. The van der Waals surface area contributed by atoms with Crippen molar-refractivity contribution in [2.45, 2.75) is 0 Å². The number of hydrogen-bond acceptors (Lipinski definition) is 0. The normalized spacial score (nSPS) is 10.4. The molecule has 0 aliphatic heterocycles. The van der Waals surface area contributed by atoms with Gasteiger partial charge in [0, 0.05) is 0 Å². The van der Waals surface area contributed by atoms with E-state index in [9.17, 15) is 0 Å². The lowest BCUT2D eigenvalue weighted by molar-refractivity contribution is 1.64. The molecule has 0 amide bonds. The minimum atomic E-state index is 1.19. The summed E-state index contributed by atoms with van der Waals surface area (Å²) >= 11 is 0. The lowest BCUT2D eigenvalue weighted by atomic mass is 9.95. The molecule has 0 saturated heterocycles. The first-order chi connectivity index (χ1) is 8.90. The molecule has 0 bridgehead atoms. The molecule has 18 heavy (non-hydrogen) atoms. The second kappa shape index (κ2) is 4.50. The largest absolute Gasteiger partial charge is 0.0984 e. The Labute approximate surface area is 107 Å². The van der Waals surface area contributed by atoms with E-state index in [2.05, 4.69) is 67.2 Å². The van der Waals surface area contributed by atoms with Crippen LogP contribution in [0.1, 0.15) is 5.56 Å². The highest BCUT2D eigenvalue weighted by Crippen LogP contribution is 2.31. The van der Waals surface area contributed by atoms with Gasteiger partial charge in [-0.05, 0) is 27.5 Å². The lowest BCUT2D eigenvalue weighted by Crippen LogP contribution is -1.84. The topological polar surface area (TPSA) is 0 Å². The van der Waals surface area contributed by atoms with Crippen molar-refractivity contribution in [3.63, 3.8) is 0 Å². The van der Waals surface area contributed by atoms with Gasteiger partial charge in [-0.2, -0.15) is 0 Å². The van der Waals surface area contributed by atoms with Crippen molar-refractivity contribution in [2.75, 3.05) is 0 Å². The molecule has 3 rings (SSSR count). The summed E-state index contributed by atoms with van der Waals surface area (Å²) in [7, 11) is 0. The maximum atomic E-state index is 3.92. The molecule has 0 atom stereocenters. The summed E-state index contributed by atoms with van der Waals surface area (Å²) in [5.41, 5.74) is 3.70. The maximum Gasteiger partial charge on any atom is -0.00331 e. The summed E-state index contributed by atoms with van der Waals surface area (Å²) in [5.74, 6) is 0. The first-order valence-corrected chi connectivity index (χ1v) is 6.10.